The van der Waals surface area contributed by atoms with Gasteiger partial charge in [0.05, 0.1) is 17.3 Å². The Morgan fingerprint density at radius 1 is 1.42 bits per heavy atom. The molecular formula is C19H24N6O. The van der Waals surface area contributed by atoms with Crippen LogP contribution in [0.1, 0.15) is 25.0 Å². The second-order valence-electron chi connectivity index (χ2n) is 7.50. The molecule has 0 saturated carbocycles. The summed E-state index contributed by atoms with van der Waals surface area (Å²) in [5.41, 5.74) is 9.29. The van der Waals surface area contributed by atoms with E-state index >= 15 is 0 Å². The lowest BCUT2D eigenvalue weighted by atomic mass is 9.89. The van der Waals surface area contributed by atoms with Crippen LogP contribution in [0.2, 0.25) is 0 Å². The van der Waals surface area contributed by atoms with Crippen LogP contribution in [-0.2, 0) is 13.6 Å². The minimum atomic E-state index is -0.111. The van der Waals surface area contributed by atoms with Crippen molar-refractivity contribution in [3.8, 4) is 17.3 Å². The lowest BCUT2D eigenvalue weighted by Gasteiger charge is -2.21. The zero-order valence-corrected chi connectivity index (χ0v) is 15.4. The second kappa shape index (κ2) is 6.81. The van der Waals surface area contributed by atoms with E-state index in [1.807, 2.05) is 25.4 Å². The molecule has 1 saturated heterocycles. The quantitative estimate of drug-likeness (QED) is 0.880. The molecule has 2 heterocycles. The standard InChI is InChI=1S/C19H24N6O/c1-19(2)12-25(11-16(19)21)18(26)22-9-15-10-24(3)23-17(15)14-6-4-13(8-20)5-7-14/h4-7,10,16H,9,11-12,21H2,1-3H3,(H,22,26). The number of carbonyl (C=O) groups is 1. The number of likely N-dealkylation sites (tertiary alicyclic amines) is 1. The van der Waals surface area contributed by atoms with Gasteiger partial charge in [-0.25, -0.2) is 4.79 Å². The third-order valence-electron chi connectivity index (χ3n) is 4.93. The van der Waals surface area contributed by atoms with Gasteiger partial charge in [0.1, 0.15) is 0 Å². The topological polar surface area (TPSA) is 100.0 Å². The van der Waals surface area contributed by atoms with Crippen LogP contribution in [0.4, 0.5) is 4.79 Å². The van der Waals surface area contributed by atoms with E-state index in [0.29, 0.717) is 25.2 Å². The molecule has 1 fully saturated rings. The van der Waals surface area contributed by atoms with E-state index in [4.69, 9.17) is 11.0 Å². The SMILES string of the molecule is Cn1cc(CNC(=O)N2CC(N)C(C)(C)C2)c(-c2ccc(C#N)cc2)n1. The third-order valence-corrected chi connectivity index (χ3v) is 4.93. The van der Waals surface area contributed by atoms with Crippen molar-refractivity contribution >= 4 is 6.03 Å². The van der Waals surface area contributed by atoms with Crippen LogP contribution >= 0.6 is 0 Å². The average Bonchev–Trinajstić information content (AvgIpc) is 3.12. The van der Waals surface area contributed by atoms with Gasteiger partial charge in [-0.3, -0.25) is 4.68 Å². The Bertz CT molecular complexity index is 846. The number of hydrogen-bond acceptors (Lipinski definition) is 4. The molecule has 7 heteroatoms. The van der Waals surface area contributed by atoms with Gasteiger partial charge in [0.15, 0.2) is 0 Å². The van der Waals surface area contributed by atoms with Crippen molar-refractivity contribution in [3.63, 3.8) is 0 Å². The van der Waals surface area contributed by atoms with E-state index in [2.05, 4.69) is 30.3 Å². The molecule has 1 aromatic carbocycles. The lowest BCUT2D eigenvalue weighted by Crippen LogP contribution is -2.39. The molecule has 1 aliphatic rings. The highest BCUT2D eigenvalue weighted by atomic mass is 16.2. The van der Waals surface area contributed by atoms with Gasteiger partial charge in [0.25, 0.3) is 0 Å². The number of benzene rings is 1. The Morgan fingerprint density at radius 3 is 2.69 bits per heavy atom. The van der Waals surface area contributed by atoms with Gasteiger partial charge in [0, 0.05) is 50.0 Å². The molecule has 3 rings (SSSR count). The highest BCUT2D eigenvalue weighted by Gasteiger charge is 2.38. The first-order valence-electron chi connectivity index (χ1n) is 8.61. The summed E-state index contributed by atoms with van der Waals surface area (Å²) in [6, 6.07) is 9.25. The zero-order chi connectivity index (χ0) is 18.9. The molecule has 0 radical (unpaired) electrons. The van der Waals surface area contributed by atoms with Gasteiger partial charge in [-0.2, -0.15) is 10.4 Å². The first kappa shape index (κ1) is 18.0. The fourth-order valence-electron chi connectivity index (χ4n) is 3.21. The van der Waals surface area contributed by atoms with Gasteiger partial charge in [0.2, 0.25) is 0 Å². The molecule has 1 atom stereocenters. The summed E-state index contributed by atoms with van der Waals surface area (Å²) in [6.45, 7) is 5.75. The van der Waals surface area contributed by atoms with Crippen LogP contribution in [0, 0.1) is 16.7 Å². The van der Waals surface area contributed by atoms with Crippen LogP contribution in [-0.4, -0.2) is 39.8 Å². The predicted octanol–water partition coefficient (Wildman–Crippen LogP) is 1.84. The van der Waals surface area contributed by atoms with Crippen LogP contribution in [0.5, 0.6) is 0 Å². The van der Waals surface area contributed by atoms with Crippen molar-refractivity contribution < 1.29 is 4.79 Å². The van der Waals surface area contributed by atoms with E-state index in [0.717, 1.165) is 16.8 Å². The Hall–Kier alpha value is -2.85. The minimum absolute atomic E-state index is 0.0131. The number of urea groups is 1. The van der Waals surface area contributed by atoms with Crippen molar-refractivity contribution in [2.45, 2.75) is 26.4 Å². The van der Waals surface area contributed by atoms with Crippen LogP contribution in [0.25, 0.3) is 11.3 Å². The Morgan fingerprint density at radius 2 is 2.12 bits per heavy atom. The van der Waals surface area contributed by atoms with Crippen molar-refractivity contribution in [2.75, 3.05) is 13.1 Å². The molecular weight excluding hydrogens is 328 g/mol. The van der Waals surface area contributed by atoms with Gasteiger partial charge in [-0.1, -0.05) is 26.0 Å². The summed E-state index contributed by atoms with van der Waals surface area (Å²) < 4.78 is 1.73. The normalized spacial score (nSPS) is 18.6. The monoisotopic (exact) mass is 352 g/mol. The zero-order valence-electron chi connectivity index (χ0n) is 15.4. The number of aromatic nitrogens is 2. The summed E-state index contributed by atoms with van der Waals surface area (Å²) in [5.74, 6) is 0. The largest absolute Gasteiger partial charge is 0.334 e. The second-order valence-corrected chi connectivity index (χ2v) is 7.50. The minimum Gasteiger partial charge on any atom is -0.334 e. The Balaban J connectivity index is 1.71. The van der Waals surface area contributed by atoms with Gasteiger partial charge >= 0.3 is 6.03 Å². The summed E-state index contributed by atoms with van der Waals surface area (Å²) >= 11 is 0. The Kier molecular flexibility index (Phi) is 4.70. The molecule has 0 bridgehead atoms. The molecule has 136 valence electrons. The maximum absolute atomic E-state index is 12.5. The number of rotatable bonds is 3. The van der Waals surface area contributed by atoms with Gasteiger partial charge < -0.3 is 16.0 Å². The number of nitriles is 1. The maximum Gasteiger partial charge on any atom is 0.317 e. The summed E-state index contributed by atoms with van der Waals surface area (Å²) in [7, 11) is 1.85. The third kappa shape index (κ3) is 3.55. The molecule has 1 unspecified atom stereocenters. The first-order chi connectivity index (χ1) is 12.3. The summed E-state index contributed by atoms with van der Waals surface area (Å²) in [4.78, 5) is 14.3. The van der Waals surface area contributed by atoms with Crippen molar-refractivity contribution in [2.24, 2.45) is 18.2 Å². The van der Waals surface area contributed by atoms with Crippen molar-refractivity contribution in [1.29, 1.82) is 5.26 Å². The Labute approximate surface area is 153 Å². The number of amides is 2. The van der Waals surface area contributed by atoms with Gasteiger partial charge in [-0.15, -0.1) is 0 Å². The maximum atomic E-state index is 12.5. The predicted molar refractivity (Wildman–Crippen MR) is 98.9 cm³/mol. The fourth-order valence-corrected chi connectivity index (χ4v) is 3.21. The highest BCUT2D eigenvalue weighted by Crippen LogP contribution is 2.28. The van der Waals surface area contributed by atoms with Crippen molar-refractivity contribution in [1.82, 2.24) is 20.0 Å². The molecule has 0 aliphatic carbocycles. The molecule has 7 nitrogen and oxygen atoms in total. The molecule has 2 amide bonds. The molecule has 0 spiro atoms. The summed E-state index contributed by atoms with van der Waals surface area (Å²) in [6.07, 6.45) is 1.90. The summed E-state index contributed by atoms with van der Waals surface area (Å²) in [5, 5.41) is 16.4. The number of aryl methyl sites for hydroxylation is 1. The lowest BCUT2D eigenvalue weighted by molar-refractivity contribution is 0.203. The van der Waals surface area contributed by atoms with E-state index in [1.165, 1.54) is 0 Å². The van der Waals surface area contributed by atoms with Crippen LogP contribution in [0.15, 0.2) is 30.5 Å². The van der Waals surface area contributed by atoms with E-state index in [1.54, 1.807) is 21.7 Å². The van der Waals surface area contributed by atoms with E-state index < -0.39 is 0 Å². The number of nitrogens with two attached hydrogens (primary N) is 1. The van der Waals surface area contributed by atoms with E-state index in [-0.39, 0.29) is 17.5 Å². The first-order valence-corrected chi connectivity index (χ1v) is 8.61. The van der Waals surface area contributed by atoms with E-state index in [9.17, 15) is 4.79 Å². The number of carbonyl (C=O) groups excluding carboxylic acids is 1. The average molecular weight is 352 g/mol. The van der Waals surface area contributed by atoms with Crippen molar-refractivity contribution in [3.05, 3.63) is 41.6 Å². The molecule has 1 aliphatic heterocycles. The highest BCUT2D eigenvalue weighted by molar-refractivity contribution is 5.75. The molecule has 3 N–H and O–H groups in total. The van der Waals surface area contributed by atoms with Gasteiger partial charge in [-0.05, 0) is 17.5 Å². The fraction of sp³-hybridized carbons (Fsp3) is 0.421. The molecule has 2 aromatic rings. The smallest absolute Gasteiger partial charge is 0.317 e. The van der Waals surface area contributed by atoms with Crippen LogP contribution in [0.3, 0.4) is 0 Å². The number of hydrogen-bond donors (Lipinski definition) is 2. The molecule has 1 aromatic heterocycles. The number of nitrogens with one attached hydrogen (secondary N) is 1. The number of nitrogens with zero attached hydrogens (tertiary/aromatic N) is 4. The van der Waals surface area contributed by atoms with Crippen LogP contribution < -0.4 is 11.1 Å². The molecule has 26 heavy (non-hydrogen) atoms.